The monoisotopic (exact) mass is 212 g/mol. The standard InChI is InChI=1S/C10H13FN2O2/c1-7(2)6-12-10-8(11)4-3-5-9(10)13(14)15/h3-5,7,12H,6H2,1-2H3. The molecule has 1 N–H and O–H groups in total. The normalized spacial score (nSPS) is 10.4. The van der Waals surface area contributed by atoms with E-state index in [1.807, 2.05) is 13.8 Å². The van der Waals surface area contributed by atoms with Crippen LogP contribution in [-0.4, -0.2) is 11.5 Å². The summed E-state index contributed by atoms with van der Waals surface area (Å²) in [4.78, 5) is 10.0. The summed E-state index contributed by atoms with van der Waals surface area (Å²) in [5.74, 6) is -0.297. The molecule has 0 radical (unpaired) electrons. The van der Waals surface area contributed by atoms with Crippen LogP contribution in [0.1, 0.15) is 13.8 Å². The summed E-state index contributed by atoms with van der Waals surface area (Å²) >= 11 is 0. The van der Waals surface area contributed by atoms with E-state index in [4.69, 9.17) is 0 Å². The predicted molar refractivity (Wildman–Crippen MR) is 56.4 cm³/mol. The summed E-state index contributed by atoms with van der Waals surface area (Å²) in [5, 5.41) is 13.4. The van der Waals surface area contributed by atoms with Crippen LogP contribution in [0.2, 0.25) is 0 Å². The van der Waals surface area contributed by atoms with Gasteiger partial charge in [-0.05, 0) is 12.0 Å². The van der Waals surface area contributed by atoms with Crippen molar-refractivity contribution in [1.29, 1.82) is 0 Å². The van der Waals surface area contributed by atoms with Gasteiger partial charge >= 0.3 is 0 Å². The highest BCUT2D eigenvalue weighted by atomic mass is 19.1. The van der Waals surface area contributed by atoms with Crippen molar-refractivity contribution in [3.05, 3.63) is 34.1 Å². The van der Waals surface area contributed by atoms with Crippen molar-refractivity contribution < 1.29 is 9.31 Å². The topological polar surface area (TPSA) is 55.2 Å². The molecule has 4 nitrogen and oxygen atoms in total. The Morgan fingerprint density at radius 1 is 1.53 bits per heavy atom. The van der Waals surface area contributed by atoms with E-state index in [1.165, 1.54) is 18.2 Å². The first-order valence-corrected chi connectivity index (χ1v) is 4.69. The first-order chi connectivity index (χ1) is 7.02. The smallest absolute Gasteiger partial charge is 0.295 e. The highest BCUT2D eigenvalue weighted by molar-refractivity contribution is 5.62. The van der Waals surface area contributed by atoms with Crippen molar-refractivity contribution in [2.24, 2.45) is 5.92 Å². The molecule has 0 amide bonds. The second-order valence-electron chi connectivity index (χ2n) is 3.67. The van der Waals surface area contributed by atoms with Gasteiger partial charge in [-0.3, -0.25) is 10.1 Å². The summed E-state index contributed by atoms with van der Waals surface area (Å²) in [5.41, 5.74) is -0.258. The minimum atomic E-state index is -0.593. The van der Waals surface area contributed by atoms with E-state index in [0.717, 1.165) is 0 Å². The van der Waals surface area contributed by atoms with Gasteiger partial charge < -0.3 is 5.32 Å². The number of nitro benzene ring substituents is 1. The number of rotatable bonds is 4. The zero-order valence-electron chi connectivity index (χ0n) is 8.66. The number of nitro groups is 1. The molecule has 15 heavy (non-hydrogen) atoms. The molecule has 82 valence electrons. The van der Waals surface area contributed by atoms with Crippen LogP contribution in [0.5, 0.6) is 0 Å². The van der Waals surface area contributed by atoms with Crippen LogP contribution < -0.4 is 5.32 Å². The van der Waals surface area contributed by atoms with Crippen LogP contribution >= 0.6 is 0 Å². The van der Waals surface area contributed by atoms with E-state index < -0.39 is 10.7 Å². The molecular weight excluding hydrogens is 199 g/mol. The fraction of sp³-hybridized carbons (Fsp3) is 0.400. The average molecular weight is 212 g/mol. The number of benzene rings is 1. The lowest BCUT2D eigenvalue weighted by molar-refractivity contribution is -0.384. The molecule has 1 aromatic carbocycles. The summed E-state index contributed by atoms with van der Waals surface area (Å²) < 4.78 is 13.3. The van der Waals surface area contributed by atoms with Crippen LogP contribution in [-0.2, 0) is 0 Å². The van der Waals surface area contributed by atoms with Gasteiger partial charge in [0.05, 0.1) is 4.92 Å². The minimum Gasteiger partial charge on any atom is -0.377 e. The van der Waals surface area contributed by atoms with Crippen LogP contribution in [0.25, 0.3) is 0 Å². The summed E-state index contributed by atoms with van der Waals surface area (Å²) in [6, 6.07) is 3.81. The van der Waals surface area contributed by atoms with E-state index in [-0.39, 0.29) is 11.4 Å². The average Bonchev–Trinajstić information content (AvgIpc) is 2.15. The molecule has 1 rings (SSSR count). The van der Waals surface area contributed by atoms with Crippen molar-refractivity contribution in [2.45, 2.75) is 13.8 Å². The molecular formula is C10H13FN2O2. The van der Waals surface area contributed by atoms with E-state index in [2.05, 4.69) is 5.32 Å². The van der Waals surface area contributed by atoms with Gasteiger partial charge in [0.2, 0.25) is 0 Å². The highest BCUT2D eigenvalue weighted by Crippen LogP contribution is 2.26. The van der Waals surface area contributed by atoms with E-state index in [0.29, 0.717) is 12.5 Å². The maximum atomic E-state index is 13.3. The third-order valence-electron chi connectivity index (χ3n) is 1.88. The summed E-state index contributed by atoms with van der Waals surface area (Å²) in [7, 11) is 0. The predicted octanol–water partition coefficient (Wildman–Crippen LogP) is 2.80. The number of para-hydroxylation sites is 1. The maximum absolute atomic E-state index is 13.3. The van der Waals surface area contributed by atoms with Gasteiger partial charge in [0.15, 0.2) is 5.82 Å². The second-order valence-corrected chi connectivity index (χ2v) is 3.67. The lowest BCUT2D eigenvalue weighted by atomic mass is 10.2. The lowest BCUT2D eigenvalue weighted by Gasteiger charge is -2.09. The summed E-state index contributed by atoms with van der Waals surface area (Å²) in [6.45, 7) is 4.39. The Balaban J connectivity index is 2.97. The quantitative estimate of drug-likeness (QED) is 0.616. The molecule has 0 unspecified atom stereocenters. The molecule has 0 atom stereocenters. The molecule has 0 aliphatic heterocycles. The number of anilines is 1. The molecule has 0 saturated carbocycles. The molecule has 0 aliphatic carbocycles. The third-order valence-corrected chi connectivity index (χ3v) is 1.88. The fourth-order valence-corrected chi connectivity index (χ4v) is 1.15. The van der Waals surface area contributed by atoms with Crippen LogP contribution in [0.4, 0.5) is 15.8 Å². The zero-order chi connectivity index (χ0) is 11.4. The molecule has 0 aromatic heterocycles. The Bertz CT molecular complexity index is 366. The SMILES string of the molecule is CC(C)CNc1c(F)cccc1[N+](=O)[O-]. The fourth-order valence-electron chi connectivity index (χ4n) is 1.15. The number of nitrogens with one attached hydrogen (secondary N) is 1. The van der Waals surface area contributed by atoms with Crippen molar-refractivity contribution >= 4 is 11.4 Å². The number of hydrogen-bond donors (Lipinski definition) is 1. The number of hydrogen-bond acceptors (Lipinski definition) is 3. The first kappa shape index (κ1) is 11.4. The van der Waals surface area contributed by atoms with Crippen LogP contribution in [0.3, 0.4) is 0 Å². The van der Waals surface area contributed by atoms with Crippen LogP contribution in [0.15, 0.2) is 18.2 Å². The molecule has 5 heteroatoms. The molecule has 1 aromatic rings. The Labute approximate surface area is 87.3 Å². The summed E-state index contributed by atoms with van der Waals surface area (Å²) in [6.07, 6.45) is 0. The van der Waals surface area contributed by atoms with Gasteiger partial charge in [0, 0.05) is 12.6 Å². The Hall–Kier alpha value is -1.65. The van der Waals surface area contributed by atoms with Crippen molar-refractivity contribution in [2.75, 3.05) is 11.9 Å². The maximum Gasteiger partial charge on any atom is 0.295 e. The van der Waals surface area contributed by atoms with Gasteiger partial charge in [-0.1, -0.05) is 19.9 Å². The first-order valence-electron chi connectivity index (χ1n) is 4.69. The molecule has 0 bridgehead atoms. The second kappa shape index (κ2) is 4.72. The number of nitrogens with zero attached hydrogens (tertiary/aromatic N) is 1. The number of halogens is 1. The van der Waals surface area contributed by atoms with Crippen molar-refractivity contribution in [1.82, 2.24) is 0 Å². The third kappa shape index (κ3) is 2.90. The van der Waals surface area contributed by atoms with Crippen molar-refractivity contribution in [3.63, 3.8) is 0 Å². The zero-order valence-corrected chi connectivity index (χ0v) is 8.66. The Kier molecular flexibility index (Phi) is 3.60. The molecule has 0 heterocycles. The van der Waals surface area contributed by atoms with Gasteiger partial charge in [-0.15, -0.1) is 0 Å². The highest BCUT2D eigenvalue weighted by Gasteiger charge is 2.17. The van der Waals surface area contributed by atoms with E-state index in [9.17, 15) is 14.5 Å². The van der Waals surface area contributed by atoms with Crippen LogP contribution in [0, 0.1) is 21.8 Å². The van der Waals surface area contributed by atoms with E-state index in [1.54, 1.807) is 0 Å². The van der Waals surface area contributed by atoms with Gasteiger partial charge in [0.1, 0.15) is 5.69 Å². The molecule has 0 aliphatic rings. The van der Waals surface area contributed by atoms with Gasteiger partial charge in [-0.2, -0.15) is 0 Å². The molecule has 0 spiro atoms. The Morgan fingerprint density at radius 3 is 2.73 bits per heavy atom. The largest absolute Gasteiger partial charge is 0.377 e. The Morgan fingerprint density at radius 2 is 2.20 bits per heavy atom. The van der Waals surface area contributed by atoms with Crippen molar-refractivity contribution in [3.8, 4) is 0 Å². The lowest BCUT2D eigenvalue weighted by Crippen LogP contribution is -2.10. The molecule has 0 fully saturated rings. The van der Waals surface area contributed by atoms with E-state index >= 15 is 0 Å². The minimum absolute atomic E-state index is 0.0313. The molecule has 0 saturated heterocycles. The van der Waals surface area contributed by atoms with Gasteiger partial charge in [0.25, 0.3) is 5.69 Å². The van der Waals surface area contributed by atoms with Gasteiger partial charge in [-0.25, -0.2) is 4.39 Å².